The van der Waals surface area contributed by atoms with Gasteiger partial charge in [0, 0.05) is 19.2 Å². The second-order valence-corrected chi connectivity index (χ2v) is 5.55. The zero-order valence-electron chi connectivity index (χ0n) is 13.5. The largest absolute Gasteiger partial charge is 0.497 e. The molecule has 0 aromatic heterocycles. The maximum absolute atomic E-state index is 12.3. The predicted molar refractivity (Wildman–Crippen MR) is 92.5 cm³/mol. The predicted octanol–water partition coefficient (Wildman–Crippen LogP) is 2.59. The SMILES string of the molecule is CNCC1CCN(C(=O)/C=C(\C)c2ccc(OC)cc2)C1.Cl. The van der Waals surface area contributed by atoms with Crippen LogP contribution in [-0.4, -0.2) is 44.6 Å². The Balaban J connectivity index is 0.00000242. The van der Waals surface area contributed by atoms with Crippen LogP contribution in [-0.2, 0) is 4.79 Å². The van der Waals surface area contributed by atoms with Crippen molar-refractivity contribution < 1.29 is 9.53 Å². The number of allylic oxidation sites excluding steroid dienone is 1. The average molecular weight is 325 g/mol. The van der Waals surface area contributed by atoms with Gasteiger partial charge in [-0.25, -0.2) is 0 Å². The number of benzene rings is 1. The summed E-state index contributed by atoms with van der Waals surface area (Å²) in [5.74, 6) is 1.52. The van der Waals surface area contributed by atoms with E-state index in [-0.39, 0.29) is 18.3 Å². The molecule has 1 N–H and O–H groups in total. The number of carbonyl (C=O) groups is 1. The summed E-state index contributed by atoms with van der Waals surface area (Å²) in [6.45, 7) is 4.66. The van der Waals surface area contributed by atoms with Crippen molar-refractivity contribution in [3.63, 3.8) is 0 Å². The van der Waals surface area contributed by atoms with Crippen LogP contribution in [0.3, 0.4) is 0 Å². The summed E-state index contributed by atoms with van der Waals surface area (Å²) in [6, 6.07) is 7.78. The van der Waals surface area contributed by atoms with Gasteiger partial charge in [0.2, 0.25) is 5.91 Å². The number of likely N-dealkylation sites (tertiary alicyclic amines) is 1. The molecule has 1 heterocycles. The molecular formula is C17H25ClN2O2. The van der Waals surface area contributed by atoms with Gasteiger partial charge in [0.25, 0.3) is 0 Å². The lowest BCUT2D eigenvalue weighted by Gasteiger charge is -2.15. The maximum Gasteiger partial charge on any atom is 0.246 e. The minimum absolute atomic E-state index is 0. The van der Waals surface area contributed by atoms with E-state index >= 15 is 0 Å². The highest BCUT2D eigenvalue weighted by Gasteiger charge is 2.24. The average Bonchev–Trinajstić information content (AvgIpc) is 2.96. The van der Waals surface area contributed by atoms with Crippen molar-refractivity contribution in [3.05, 3.63) is 35.9 Å². The van der Waals surface area contributed by atoms with Gasteiger partial charge >= 0.3 is 0 Å². The lowest BCUT2D eigenvalue weighted by Crippen LogP contribution is -2.29. The molecule has 1 aliphatic heterocycles. The molecule has 1 unspecified atom stereocenters. The standard InChI is InChI=1S/C17H24N2O2.ClH/c1-13(15-4-6-16(21-3)7-5-15)10-17(20)19-9-8-14(12-19)11-18-2;/h4-7,10,14,18H,8-9,11-12H2,1-3H3;1H/b13-10+;. The van der Waals surface area contributed by atoms with Crippen molar-refractivity contribution in [2.45, 2.75) is 13.3 Å². The van der Waals surface area contributed by atoms with Crippen LogP contribution in [0.2, 0.25) is 0 Å². The minimum Gasteiger partial charge on any atom is -0.497 e. The lowest BCUT2D eigenvalue weighted by atomic mass is 10.1. The fourth-order valence-electron chi connectivity index (χ4n) is 2.70. The smallest absolute Gasteiger partial charge is 0.246 e. The summed E-state index contributed by atoms with van der Waals surface area (Å²) in [5.41, 5.74) is 2.04. The third kappa shape index (κ3) is 4.75. The van der Waals surface area contributed by atoms with Gasteiger partial charge in [0.15, 0.2) is 0 Å². The summed E-state index contributed by atoms with van der Waals surface area (Å²) in [6.07, 6.45) is 2.82. The van der Waals surface area contributed by atoms with E-state index in [2.05, 4.69) is 5.32 Å². The molecule has 5 heteroatoms. The molecule has 1 saturated heterocycles. The molecular weight excluding hydrogens is 300 g/mol. The number of hydrogen-bond acceptors (Lipinski definition) is 3. The number of rotatable bonds is 5. The molecule has 4 nitrogen and oxygen atoms in total. The highest BCUT2D eigenvalue weighted by molar-refractivity contribution is 5.95. The Morgan fingerprint density at radius 1 is 1.41 bits per heavy atom. The first kappa shape index (κ1) is 18.5. The van der Waals surface area contributed by atoms with E-state index in [1.165, 1.54) is 0 Å². The van der Waals surface area contributed by atoms with E-state index < -0.39 is 0 Å². The van der Waals surface area contributed by atoms with Crippen molar-refractivity contribution in [3.8, 4) is 5.75 Å². The molecule has 0 spiro atoms. The van der Waals surface area contributed by atoms with Gasteiger partial charge in [-0.3, -0.25) is 4.79 Å². The summed E-state index contributed by atoms with van der Waals surface area (Å²) >= 11 is 0. The van der Waals surface area contributed by atoms with Gasteiger partial charge in [-0.2, -0.15) is 0 Å². The summed E-state index contributed by atoms with van der Waals surface area (Å²) in [4.78, 5) is 14.2. The molecule has 0 aliphatic carbocycles. The zero-order valence-corrected chi connectivity index (χ0v) is 14.3. The summed E-state index contributed by atoms with van der Waals surface area (Å²) < 4.78 is 5.15. The molecule has 1 aromatic carbocycles. The normalized spacial score (nSPS) is 18.0. The number of amides is 1. The fourth-order valence-corrected chi connectivity index (χ4v) is 2.70. The Kier molecular flexibility index (Phi) is 7.42. The van der Waals surface area contributed by atoms with Crippen LogP contribution in [0, 0.1) is 5.92 Å². The Hall–Kier alpha value is -1.52. The Labute approximate surface area is 138 Å². The highest BCUT2D eigenvalue weighted by Crippen LogP contribution is 2.20. The Bertz CT molecular complexity index is 514. The summed E-state index contributed by atoms with van der Waals surface area (Å²) in [5, 5.41) is 3.18. The molecule has 0 bridgehead atoms. The first-order chi connectivity index (χ1) is 10.1. The third-order valence-electron chi connectivity index (χ3n) is 3.98. The van der Waals surface area contributed by atoms with Crippen molar-refractivity contribution >= 4 is 23.9 Å². The van der Waals surface area contributed by atoms with Crippen LogP contribution in [0.1, 0.15) is 18.9 Å². The van der Waals surface area contributed by atoms with Gasteiger partial charge in [-0.1, -0.05) is 12.1 Å². The monoisotopic (exact) mass is 324 g/mol. The van der Waals surface area contributed by atoms with E-state index in [0.29, 0.717) is 5.92 Å². The topological polar surface area (TPSA) is 41.6 Å². The molecule has 1 aliphatic rings. The second kappa shape index (κ2) is 8.81. The van der Waals surface area contributed by atoms with E-state index in [9.17, 15) is 4.79 Å². The van der Waals surface area contributed by atoms with Crippen LogP contribution in [0.15, 0.2) is 30.3 Å². The van der Waals surface area contributed by atoms with Crippen molar-refractivity contribution in [1.82, 2.24) is 10.2 Å². The van der Waals surface area contributed by atoms with Gasteiger partial charge < -0.3 is 15.0 Å². The minimum atomic E-state index is 0. The van der Waals surface area contributed by atoms with Crippen LogP contribution in [0.4, 0.5) is 0 Å². The van der Waals surface area contributed by atoms with Crippen LogP contribution < -0.4 is 10.1 Å². The van der Waals surface area contributed by atoms with E-state index in [1.807, 2.05) is 43.1 Å². The van der Waals surface area contributed by atoms with Crippen molar-refractivity contribution in [2.75, 3.05) is 33.8 Å². The van der Waals surface area contributed by atoms with E-state index in [1.54, 1.807) is 13.2 Å². The molecule has 0 saturated carbocycles. The Morgan fingerprint density at radius 3 is 2.68 bits per heavy atom. The number of carbonyl (C=O) groups excluding carboxylic acids is 1. The second-order valence-electron chi connectivity index (χ2n) is 5.55. The fraction of sp³-hybridized carbons (Fsp3) is 0.471. The molecule has 2 rings (SSSR count). The Morgan fingerprint density at radius 2 is 2.09 bits per heavy atom. The molecule has 1 atom stereocenters. The van der Waals surface area contributed by atoms with Crippen LogP contribution in [0.5, 0.6) is 5.75 Å². The number of ether oxygens (including phenoxy) is 1. The van der Waals surface area contributed by atoms with Crippen LogP contribution >= 0.6 is 12.4 Å². The third-order valence-corrected chi connectivity index (χ3v) is 3.98. The van der Waals surface area contributed by atoms with E-state index in [0.717, 1.165) is 42.9 Å². The quantitative estimate of drug-likeness (QED) is 0.846. The first-order valence-electron chi connectivity index (χ1n) is 7.40. The molecule has 1 aromatic rings. The number of methoxy groups -OCH3 is 1. The molecule has 122 valence electrons. The lowest BCUT2D eigenvalue weighted by molar-refractivity contribution is -0.125. The number of hydrogen-bond donors (Lipinski definition) is 1. The van der Waals surface area contributed by atoms with Gasteiger partial charge in [0.05, 0.1) is 7.11 Å². The van der Waals surface area contributed by atoms with Gasteiger partial charge in [-0.15, -0.1) is 12.4 Å². The summed E-state index contributed by atoms with van der Waals surface area (Å²) in [7, 11) is 3.61. The maximum atomic E-state index is 12.3. The zero-order chi connectivity index (χ0) is 15.2. The number of nitrogens with one attached hydrogen (secondary N) is 1. The van der Waals surface area contributed by atoms with E-state index in [4.69, 9.17) is 4.74 Å². The number of halogens is 1. The molecule has 1 fully saturated rings. The van der Waals surface area contributed by atoms with Crippen molar-refractivity contribution in [1.29, 1.82) is 0 Å². The van der Waals surface area contributed by atoms with Crippen molar-refractivity contribution in [2.24, 2.45) is 5.92 Å². The highest BCUT2D eigenvalue weighted by atomic mass is 35.5. The molecule has 0 radical (unpaired) electrons. The first-order valence-corrected chi connectivity index (χ1v) is 7.40. The number of nitrogens with zero attached hydrogens (tertiary/aromatic N) is 1. The van der Waals surface area contributed by atoms with Gasteiger partial charge in [0.1, 0.15) is 5.75 Å². The molecule has 1 amide bonds. The van der Waals surface area contributed by atoms with Gasteiger partial charge in [-0.05, 0) is 56.1 Å². The molecule has 22 heavy (non-hydrogen) atoms. The van der Waals surface area contributed by atoms with Crippen LogP contribution in [0.25, 0.3) is 5.57 Å².